The third-order valence-electron chi connectivity index (χ3n) is 5.62. The number of H-pyrrole nitrogens is 1. The lowest BCUT2D eigenvalue weighted by molar-refractivity contribution is 0.408. The van der Waals surface area contributed by atoms with E-state index in [2.05, 4.69) is 11.1 Å². The molecule has 5 nitrogen and oxygen atoms in total. The van der Waals surface area contributed by atoms with Crippen LogP contribution in [0.4, 0.5) is 0 Å². The summed E-state index contributed by atoms with van der Waals surface area (Å²) in [4.78, 5) is 16.0. The van der Waals surface area contributed by atoms with E-state index < -0.39 is 10.0 Å². The number of aromatic nitrogens is 1. The lowest BCUT2D eigenvalue weighted by atomic mass is 10.1. The summed E-state index contributed by atoms with van der Waals surface area (Å²) in [7, 11) is -3.78. The van der Waals surface area contributed by atoms with Crippen LogP contribution in [0.2, 0.25) is 0 Å². The van der Waals surface area contributed by atoms with E-state index in [0.717, 1.165) is 27.6 Å². The quantitative estimate of drug-likeness (QED) is 0.452. The average molecular weight is 447 g/mol. The van der Waals surface area contributed by atoms with Gasteiger partial charge >= 0.3 is 0 Å². The highest BCUT2D eigenvalue weighted by Gasteiger charge is 2.25. The van der Waals surface area contributed by atoms with Gasteiger partial charge in [0.2, 0.25) is 10.0 Å². The van der Waals surface area contributed by atoms with Gasteiger partial charge in [-0.05, 0) is 55.0 Å². The molecule has 0 aliphatic heterocycles. The predicted octanol–water partition coefficient (Wildman–Crippen LogP) is 4.58. The number of sulfonamides is 1. The number of benzene rings is 3. The van der Waals surface area contributed by atoms with Crippen molar-refractivity contribution < 1.29 is 8.42 Å². The maximum atomic E-state index is 13.5. The molecule has 1 aromatic heterocycles. The van der Waals surface area contributed by atoms with Gasteiger partial charge in [-0.3, -0.25) is 4.79 Å². The van der Waals surface area contributed by atoms with Gasteiger partial charge in [-0.1, -0.05) is 66.2 Å². The Morgan fingerprint density at radius 1 is 0.875 bits per heavy atom. The number of nitrogens with zero attached hydrogens (tertiary/aromatic N) is 1. The summed E-state index contributed by atoms with van der Waals surface area (Å²) in [6.45, 7) is 4.22. The zero-order valence-corrected chi connectivity index (χ0v) is 19.0. The van der Waals surface area contributed by atoms with Crippen molar-refractivity contribution in [2.45, 2.75) is 31.7 Å². The van der Waals surface area contributed by atoms with Gasteiger partial charge in [-0.15, -0.1) is 0 Å². The maximum Gasteiger partial charge on any atom is 0.252 e. The summed E-state index contributed by atoms with van der Waals surface area (Å²) in [5, 5.41) is 0.885. The molecule has 0 spiro atoms. The third-order valence-corrected chi connectivity index (χ3v) is 7.48. The Morgan fingerprint density at radius 2 is 1.62 bits per heavy atom. The van der Waals surface area contributed by atoms with Crippen LogP contribution in [0.5, 0.6) is 0 Å². The minimum atomic E-state index is -3.78. The minimum absolute atomic E-state index is 0.00224. The molecule has 0 saturated heterocycles. The SMILES string of the molecule is Cc1cccc(CCN(Cc2cc3cccc(C)c3[nH]c2=O)S(=O)(=O)c2ccccc2)c1. The average Bonchev–Trinajstić information content (AvgIpc) is 2.78. The number of rotatable bonds is 7. The third kappa shape index (κ3) is 4.66. The molecular formula is C26H26N2O3S. The van der Waals surface area contributed by atoms with E-state index >= 15 is 0 Å². The van der Waals surface area contributed by atoms with Gasteiger partial charge in [-0.2, -0.15) is 4.31 Å². The Bertz CT molecular complexity index is 1410. The molecule has 32 heavy (non-hydrogen) atoms. The molecule has 0 bridgehead atoms. The van der Waals surface area contributed by atoms with Crippen LogP contribution in [0.25, 0.3) is 10.9 Å². The van der Waals surface area contributed by atoms with E-state index in [1.807, 2.05) is 50.2 Å². The van der Waals surface area contributed by atoms with Crippen LogP contribution >= 0.6 is 0 Å². The van der Waals surface area contributed by atoms with Crippen molar-refractivity contribution >= 4 is 20.9 Å². The Kier molecular flexibility index (Phi) is 6.26. The van der Waals surface area contributed by atoms with Gasteiger partial charge in [0.1, 0.15) is 0 Å². The molecule has 3 aromatic carbocycles. The molecular weight excluding hydrogens is 420 g/mol. The number of para-hydroxylation sites is 1. The molecule has 4 aromatic rings. The second-order valence-electron chi connectivity index (χ2n) is 8.05. The summed E-state index contributed by atoms with van der Waals surface area (Å²) >= 11 is 0. The fourth-order valence-electron chi connectivity index (χ4n) is 3.88. The molecule has 1 N–H and O–H groups in total. The van der Waals surface area contributed by atoms with Crippen molar-refractivity contribution in [2.24, 2.45) is 0 Å². The van der Waals surface area contributed by atoms with Crippen molar-refractivity contribution in [1.29, 1.82) is 0 Å². The van der Waals surface area contributed by atoms with Crippen molar-refractivity contribution in [2.75, 3.05) is 6.54 Å². The monoisotopic (exact) mass is 446 g/mol. The topological polar surface area (TPSA) is 70.2 Å². The molecule has 4 rings (SSSR count). The van der Waals surface area contributed by atoms with Gasteiger partial charge in [0.15, 0.2) is 0 Å². The summed E-state index contributed by atoms with van der Waals surface area (Å²) in [5.74, 6) is 0. The van der Waals surface area contributed by atoms with Crippen LogP contribution in [0.15, 0.2) is 88.6 Å². The standard InChI is InChI=1S/C26H26N2O3S/c1-19-8-6-10-21(16-19)14-15-28(32(30,31)24-12-4-3-5-13-24)18-23-17-22-11-7-9-20(2)25(22)27-26(23)29/h3-13,16-17H,14-15,18H2,1-2H3,(H,27,29). The Labute approximate surface area is 188 Å². The van der Waals surface area contributed by atoms with Crippen molar-refractivity contribution in [1.82, 2.24) is 9.29 Å². The van der Waals surface area contributed by atoms with Gasteiger partial charge in [0.25, 0.3) is 5.56 Å². The Balaban J connectivity index is 1.71. The zero-order valence-electron chi connectivity index (χ0n) is 18.2. The fourth-order valence-corrected chi connectivity index (χ4v) is 5.32. The van der Waals surface area contributed by atoms with Crippen molar-refractivity contribution in [3.05, 3.63) is 111 Å². The molecule has 164 valence electrons. The van der Waals surface area contributed by atoms with E-state index in [1.54, 1.807) is 36.4 Å². The van der Waals surface area contributed by atoms with Gasteiger partial charge < -0.3 is 4.98 Å². The normalized spacial score (nSPS) is 11.8. The van der Waals surface area contributed by atoms with Crippen LogP contribution in [-0.4, -0.2) is 24.3 Å². The largest absolute Gasteiger partial charge is 0.321 e. The highest BCUT2D eigenvalue weighted by atomic mass is 32.2. The number of aromatic amines is 1. The first-order valence-electron chi connectivity index (χ1n) is 10.6. The molecule has 0 amide bonds. The summed E-state index contributed by atoms with van der Waals surface area (Å²) in [5.41, 5.74) is 4.09. The molecule has 0 aliphatic carbocycles. The predicted molar refractivity (Wildman–Crippen MR) is 128 cm³/mol. The molecule has 0 atom stereocenters. The van der Waals surface area contributed by atoms with Crippen LogP contribution in [0.3, 0.4) is 0 Å². The first-order chi connectivity index (χ1) is 15.3. The van der Waals surface area contributed by atoms with E-state index in [-0.39, 0.29) is 23.5 Å². The molecule has 0 radical (unpaired) electrons. The minimum Gasteiger partial charge on any atom is -0.321 e. The number of nitrogens with one attached hydrogen (secondary N) is 1. The molecule has 0 unspecified atom stereocenters. The number of aryl methyl sites for hydroxylation is 2. The van der Waals surface area contributed by atoms with Crippen LogP contribution in [0.1, 0.15) is 22.3 Å². The van der Waals surface area contributed by atoms with Crippen molar-refractivity contribution in [3.63, 3.8) is 0 Å². The second kappa shape index (κ2) is 9.10. The summed E-state index contributed by atoms with van der Waals surface area (Å²) in [6, 6.07) is 24.0. The van der Waals surface area contributed by atoms with Crippen LogP contribution in [0, 0.1) is 13.8 Å². The zero-order chi connectivity index (χ0) is 22.7. The second-order valence-corrected chi connectivity index (χ2v) is 9.99. The number of fused-ring (bicyclic) bond motifs is 1. The maximum absolute atomic E-state index is 13.5. The first kappa shape index (κ1) is 22.0. The van der Waals surface area contributed by atoms with Gasteiger partial charge in [0.05, 0.1) is 10.4 Å². The van der Waals surface area contributed by atoms with Crippen LogP contribution < -0.4 is 5.56 Å². The van der Waals surface area contributed by atoms with E-state index in [0.29, 0.717) is 12.0 Å². The highest BCUT2D eigenvalue weighted by Crippen LogP contribution is 2.21. The van der Waals surface area contributed by atoms with E-state index in [1.165, 1.54) is 4.31 Å². The number of hydrogen-bond donors (Lipinski definition) is 1. The van der Waals surface area contributed by atoms with E-state index in [4.69, 9.17) is 0 Å². The summed E-state index contributed by atoms with van der Waals surface area (Å²) in [6.07, 6.45) is 0.554. The first-order valence-corrected chi connectivity index (χ1v) is 12.0. The highest BCUT2D eigenvalue weighted by molar-refractivity contribution is 7.89. The van der Waals surface area contributed by atoms with E-state index in [9.17, 15) is 13.2 Å². The Morgan fingerprint density at radius 3 is 2.38 bits per heavy atom. The smallest absolute Gasteiger partial charge is 0.252 e. The van der Waals surface area contributed by atoms with Crippen LogP contribution in [-0.2, 0) is 23.0 Å². The molecule has 0 fully saturated rings. The summed E-state index contributed by atoms with van der Waals surface area (Å²) < 4.78 is 28.3. The number of hydrogen-bond acceptors (Lipinski definition) is 3. The molecule has 6 heteroatoms. The van der Waals surface area contributed by atoms with Gasteiger partial charge in [0, 0.05) is 18.7 Å². The number of pyridine rings is 1. The van der Waals surface area contributed by atoms with Crippen molar-refractivity contribution in [3.8, 4) is 0 Å². The molecule has 0 saturated carbocycles. The van der Waals surface area contributed by atoms with Gasteiger partial charge in [-0.25, -0.2) is 8.42 Å². The molecule has 1 heterocycles. The Hall–Kier alpha value is -3.22. The fraction of sp³-hybridized carbons (Fsp3) is 0.192. The lowest BCUT2D eigenvalue weighted by Crippen LogP contribution is -2.34. The lowest BCUT2D eigenvalue weighted by Gasteiger charge is -2.22. The molecule has 0 aliphatic rings.